The minimum absolute atomic E-state index is 0.124. The Bertz CT molecular complexity index is 695. The van der Waals surface area contributed by atoms with E-state index in [1.807, 2.05) is 24.0 Å². The van der Waals surface area contributed by atoms with E-state index in [1.165, 1.54) is 16.8 Å². The first-order chi connectivity index (χ1) is 12.1. The van der Waals surface area contributed by atoms with Crippen LogP contribution in [0.15, 0.2) is 48.2 Å². The molecule has 2 heterocycles. The summed E-state index contributed by atoms with van der Waals surface area (Å²) in [6, 6.07) is 12.7. The van der Waals surface area contributed by atoms with Crippen molar-refractivity contribution >= 4 is 6.08 Å². The monoisotopic (exact) mass is 340 g/mol. The fourth-order valence-corrected chi connectivity index (χ4v) is 3.42. The standard InChI is InChI=1S/C20H28N4O/c1-16(13-17-7-5-4-6-8-17)14-21-15-19-20(23(2)11-12-25-19)18-9-10-22-24(18)3/h4-10,13,19-21H,11-12,14-15H2,1-3H3/b16-13+/t19-,20-/m0/s1. The van der Waals surface area contributed by atoms with E-state index in [4.69, 9.17) is 4.74 Å². The SMILES string of the molecule is C/C(=C\c1ccccc1)CNC[C@@H]1OCCN(C)[C@H]1c1ccnn1C. The van der Waals surface area contributed by atoms with Gasteiger partial charge in [-0.2, -0.15) is 5.10 Å². The second-order valence-corrected chi connectivity index (χ2v) is 6.75. The van der Waals surface area contributed by atoms with Crippen LogP contribution in [0.1, 0.15) is 24.2 Å². The smallest absolute Gasteiger partial charge is 0.0911 e. The first kappa shape index (κ1) is 17.9. The highest BCUT2D eigenvalue weighted by Gasteiger charge is 2.32. The van der Waals surface area contributed by atoms with Crippen LogP contribution in [0, 0.1) is 0 Å². The zero-order chi connectivity index (χ0) is 17.6. The molecule has 5 nitrogen and oxygen atoms in total. The third-order valence-electron chi connectivity index (χ3n) is 4.73. The zero-order valence-electron chi connectivity index (χ0n) is 15.4. The number of morpholine rings is 1. The van der Waals surface area contributed by atoms with Gasteiger partial charge in [0.2, 0.25) is 0 Å². The maximum absolute atomic E-state index is 6.08. The van der Waals surface area contributed by atoms with Gasteiger partial charge in [-0.1, -0.05) is 42.0 Å². The summed E-state index contributed by atoms with van der Waals surface area (Å²) in [4.78, 5) is 2.36. The summed E-state index contributed by atoms with van der Waals surface area (Å²) in [6.07, 6.45) is 4.20. The molecule has 5 heteroatoms. The Balaban J connectivity index is 1.59. The van der Waals surface area contributed by atoms with Crippen molar-refractivity contribution < 1.29 is 4.74 Å². The summed E-state index contributed by atoms with van der Waals surface area (Å²) in [5, 5.41) is 7.88. The van der Waals surface area contributed by atoms with Crippen LogP contribution in [0.3, 0.4) is 0 Å². The zero-order valence-corrected chi connectivity index (χ0v) is 15.4. The average Bonchev–Trinajstić information content (AvgIpc) is 3.01. The lowest BCUT2D eigenvalue weighted by Crippen LogP contribution is -2.48. The Morgan fingerprint density at radius 1 is 1.28 bits per heavy atom. The fourth-order valence-electron chi connectivity index (χ4n) is 3.42. The summed E-state index contributed by atoms with van der Waals surface area (Å²) in [7, 11) is 4.16. The number of likely N-dealkylation sites (N-methyl/N-ethyl adjacent to an activating group) is 1. The van der Waals surface area contributed by atoms with Gasteiger partial charge in [-0.15, -0.1) is 0 Å². The quantitative estimate of drug-likeness (QED) is 0.877. The number of aromatic nitrogens is 2. The first-order valence-electron chi connectivity index (χ1n) is 8.88. The molecular formula is C20H28N4O. The molecule has 134 valence electrons. The van der Waals surface area contributed by atoms with Crippen molar-refractivity contribution in [3.05, 3.63) is 59.4 Å². The van der Waals surface area contributed by atoms with Crippen LogP contribution in [0.5, 0.6) is 0 Å². The first-order valence-corrected chi connectivity index (χ1v) is 8.88. The van der Waals surface area contributed by atoms with Gasteiger partial charge >= 0.3 is 0 Å². The predicted molar refractivity (Wildman–Crippen MR) is 101 cm³/mol. The maximum Gasteiger partial charge on any atom is 0.0911 e. The van der Waals surface area contributed by atoms with Gasteiger partial charge in [0.25, 0.3) is 0 Å². The van der Waals surface area contributed by atoms with Crippen molar-refractivity contribution in [1.82, 2.24) is 20.0 Å². The lowest BCUT2D eigenvalue weighted by molar-refractivity contribution is -0.0634. The highest BCUT2D eigenvalue weighted by Crippen LogP contribution is 2.27. The predicted octanol–water partition coefficient (Wildman–Crippen LogP) is 2.48. The maximum atomic E-state index is 6.08. The molecular weight excluding hydrogens is 312 g/mol. The number of hydrogen-bond acceptors (Lipinski definition) is 4. The second kappa shape index (κ2) is 8.43. The number of hydrogen-bond donors (Lipinski definition) is 1. The van der Waals surface area contributed by atoms with Crippen molar-refractivity contribution in [3.8, 4) is 0 Å². The number of nitrogens with zero attached hydrogens (tertiary/aromatic N) is 3. The normalized spacial score (nSPS) is 22.3. The third kappa shape index (κ3) is 4.57. The Hall–Kier alpha value is -1.95. The van der Waals surface area contributed by atoms with Crippen molar-refractivity contribution in [3.63, 3.8) is 0 Å². The van der Waals surface area contributed by atoms with Crippen LogP contribution in [-0.4, -0.2) is 54.1 Å². The van der Waals surface area contributed by atoms with Crippen LogP contribution in [0.4, 0.5) is 0 Å². The van der Waals surface area contributed by atoms with E-state index in [0.29, 0.717) is 0 Å². The van der Waals surface area contributed by atoms with Crippen LogP contribution >= 0.6 is 0 Å². The van der Waals surface area contributed by atoms with Crippen LogP contribution < -0.4 is 5.32 Å². The molecule has 25 heavy (non-hydrogen) atoms. The molecule has 0 aliphatic carbocycles. The molecule has 1 aromatic heterocycles. The van der Waals surface area contributed by atoms with E-state index >= 15 is 0 Å². The van der Waals surface area contributed by atoms with Crippen molar-refractivity contribution in [2.75, 3.05) is 33.3 Å². The van der Waals surface area contributed by atoms with Crippen molar-refractivity contribution in [1.29, 1.82) is 0 Å². The Kier molecular flexibility index (Phi) is 6.02. The van der Waals surface area contributed by atoms with Crippen molar-refractivity contribution in [2.45, 2.75) is 19.1 Å². The summed E-state index contributed by atoms with van der Waals surface area (Å²) >= 11 is 0. The molecule has 0 saturated carbocycles. The van der Waals surface area contributed by atoms with Gasteiger partial charge in [0.1, 0.15) is 0 Å². The van der Waals surface area contributed by atoms with Gasteiger partial charge in [0.05, 0.1) is 24.4 Å². The van der Waals surface area contributed by atoms with Crippen LogP contribution in [0.25, 0.3) is 6.08 Å². The second-order valence-electron chi connectivity index (χ2n) is 6.75. The fraction of sp³-hybridized carbons (Fsp3) is 0.450. The van der Waals surface area contributed by atoms with E-state index in [2.05, 4.69) is 65.7 Å². The Morgan fingerprint density at radius 2 is 2.08 bits per heavy atom. The molecule has 1 fully saturated rings. The van der Waals surface area contributed by atoms with Crippen LogP contribution in [0.2, 0.25) is 0 Å². The van der Waals surface area contributed by atoms with Gasteiger partial charge in [-0.3, -0.25) is 9.58 Å². The van der Waals surface area contributed by atoms with E-state index in [-0.39, 0.29) is 12.1 Å². The molecule has 0 unspecified atom stereocenters. The molecule has 1 aliphatic heterocycles. The average molecular weight is 340 g/mol. The molecule has 1 aromatic carbocycles. The topological polar surface area (TPSA) is 42.3 Å². The molecule has 3 rings (SSSR count). The minimum atomic E-state index is 0.124. The summed E-state index contributed by atoms with van der Waals surface area (Å²) < 4.78 is 8.02. The van der Waals surface area contributed by atoms with E-state index < -0.39 is 0 Å². The molecule has 0 spiro atoms. The molecule has 1 aliphatic rings. The number of rotatable bonds is 6. The molecule has 2 atom stereocenters. The lowest BCUT2D eigenvalue weighted by atomic mass is 10.0. The lowest BCUT2D eigenvalue weighted by Gasteiger charge is -2.39. The summed E-state index contributed by atoms with van der Waals surface area (Å²) in [5.41, 5.74) is 3.75. The molecule has 0 radical (unpaired) electrons. The van der Waals surface area contributed by atoms with E-state index in [1.54, 1.807) is 0 Å². The van der Waals surface area contributed by atoms with Crippen LogP contribution in [-0.2, 0) is 11.8 Å². The molecule has 1 saturated heterocycles. The number of ether oxygens (including phenoxy) is 1. The summed E-state index contributed by atoms with van der Waals surface area (Å²) in [6.45, 7) is 5.55. The highest BCUT2D eigenvalue weighted by molar-refractivity contribution is 5.52. The largest absolute Gasteiger partial charge is 0.374 e. The number of aryl methyl sites for hydroxylation is 1. The van der Waals surface area contributed by atoms with Gasteiger partial charge < -0.3 is 10.1 Å². The minimum Gasteiger partial charge on any atom is -0.374 e. The van der Waals surface area contributed by atoms with E-state index in [9.17, 15) is 0 Å². The van der Waals surface area contributed by atoms with Gasteiger partial charge in [-0.05, 0) is 25.6 Å². The summed E-state index contributed by atoms with van der Waals surface area (Å²) in [5.74, 6) is 0. The molecule has 0 amide bonds. The van der Waals surface area contributed by atoms with E-state index in [0.717, 1.165) is 26.2 Å². The van der Waals surface area contributed by atoms with Crippen molar-refractivity contribution in [2.24, 2.45) is 7.05 Å². The molecule has 1 N–H and O–H groups in total. The Morgan fingerprint density at radius 3 is 2.80 bits per heavy atom. The molecule has 2 aromatic rings. The molecule has 0 bridgehead atoms. The Labute approximate surface area is 150 Å². The number of nitrogens with one attached hydrogen (secondary N) is 1. The van der Waals surface area contributed by atoms with Gasteiger partial charge in [0.15, 0.2) is 0 Å². The number of benzene rings is 1. The van der Waals surface area contributed by atoms with Gasteiger partial charge in [0, 0.05) is 32.9 Å². The third-order valence-corrected chi connectivity index (χ3v) is 4.73. The van der Waals surface area contributed by atoms with Gasteiger partial charge in [-0.25, -0.2) is 0 Å². The highest BCUT2D eigenvalue weighted by atomic mass is 16.5.